The highest BCUT2D eigenvalue weighted by atomic mass is 16.3. The fourth-order valence-electron chi connectivity index (χ4n) is 2.75. The number of carbonyl (C=O) groups is 1. The highest BCUT2D eigenvalue weighted by Gasteiger charge is 2.20. The molecule has 2 aromatic heterocycles. The van der Waals surface area contributed by atoms with E-state index in [0.29, 0.717) is 23.3 Å². The zero-order chi connectivity index (χ0) is 18.0. The molecule has 0 aliphatic heterocycles. The summed E-state index contributed by atoms with van der Waals surface area (Å²) in [5, 5.41) is 23.5. The number of aliphatic hydroxyl groups is 1. The van der Waals surface area contributed by atoms with Gasteiger partial charge >= 0.3 is 0 Å². The first-order valence-electron chi connectivity index (χ1n) is 7.88. The molecule has 0 aliphatic rings. The zero-order valence-electron chi connectivity index (χ0n) is 13.9. The number of nitrogens with zero attached hydrogens (tertiary/aromatic N) is 5. The van der Waals surface area contributed by atoms with Gasteiger partial charge in [-0.1, -0.05) is 19.1 Å². The molecule has 1 unspecified atom stereocenters. The van der Waals surface area contributed by atoms with Crippen LogP contribution in [0.1, 0.15) is 25.8 Å². The lowest BCUT2D eigenvalue weighted by Gasteiger charge is -2.26. The smallest absolute Gasteiger partial charge is 0.225 e. The van der Waals surface area contributed by atoms with Gasteiger partial charge in [0.05, 0.1) is 11.9 Å². The van der Waals surface area contributed by atoms with Crippen LogP contribution in [0.15, 0.2) is 42.7 Å². The molecule has 0 bridgehead atoms. The number of benzene rings is 1. The third-order valence-corrected chi connectivity index (χ3v) is 3.94. The molecule has 0 radical (unpaired) electrons. The highest BCUT2D eigenvalue weighted by molar-refractivity contribution is 5.92. The van der Waals surface area contributed by atoms with E-state index in [9.17, 15) is 9.90 Å². The maximum atomic E-state index is 11.9. The molecule has 3 rings (SSSR count). The van der Waals surface area contributed by atoms with Crippen LogP contribution in [0.5, 0.6) is 0 Å². The molecular formula is C18H17N5O2. The van der Waals surface area contributed by atoms with Gasteiger partial charge in [-0.05, 0) is 24.6 Å². The number of anilines is 1. The second-order valence-corrected chi connectivity index (χ2v) is 5.56. The van der Waals surface area contributed by atoms with E-state index in [2.05, 4.69) is 16.2 Å². The Morgan fingerprint density at radius 3 is 2.92 bits per heavy atom. The number of rotatable bonds is 4. The number of aromatic nitrogens is 3. The largest absolute Gasteiger partial charge is 0.373 e. The monoisotopic (exact) mass is 335 g/mol. The highest BCUT2D eigenvalue weighted by Crippen LogP contribution is 2.26. The Balaban J connectivity index is 2.13. The molecule has 1 amide bonds. The number of aliphatic hydroxyl groups excluding tert-OH is 1. The third kappa shape index (κ3) is 2.95. The van der Waals surface area contributed by atoms with Crippen LogP contribution in [0.4, 0.5) is 5.69 Å². The van der Waals surface area contributed by atoms with Gasteiger partial charge < -0.3 is 5.11 Å². The number of amides is 1. The molecule has 0 saturated heterocycles. The van der Waals surface area contributed by atoms with Crippen LogP contribution in [0, 0.1) is 11.3 Å². The summed E-state index contributed by atoms with van der Waals surface area (Å²) in [5.41, 5.74) is 3.00. The van der Waals surface area contributed by atoms with E-state index >= 15 is 0 Å². The third-order valence-electron chi connectivity index (χ3n) is 3.94. The minimum atomic E-state index is -0.889. The van der Waals surface area contributed by atoms with Crippen LogP contribution >= 0.6 is 0 Å². The number of hydrogen-bond donors (Lipinski definition) is 1. The molecule has 126 valence electrons. The van der Waals surface area contributed by atoms with Crippen LogP contribution in [-0.2, 0) is 4.79 Å². The van der Waals surface area contributed by atoms with Gasteiger partial charge in [0.25, 0.3) is 0 Å². The first-order valence-corrected chi connectivity index (χ1v) is 7.88. The predicted molar refractivity (Wildman–Crippen MR) is 92.6 cm³/mol. The van der Waals surface area contributed by atoms with E-state index in [4.69, 9.17) is 5.26 Å². The lowest BCUT2D eigenvalue weighted by atomic mass is 10.1. The quantitative estimate of drug-likeness (QED) is 0.739. The van der Waals surface area contributed by atoms with Gasteiger partial charge in [0.15, 0.2) is 5.65 Å². The SMILES string of the molecule is CCC(O)N(C(C)=O)c1cccc(-c2ccnc3c(C#N)cnn23)c1. The Labute approximate surface area is 144 Å². The summed E-state index contributed by atoms with van der Waals surface area (Å²) in [4.78, 5) is 17.5. The van der Waals surface area contributed by atoms with E-state index in [0.717, 1.165) is 11.3 Å². The Hall–Kier alpha value is -3.24. The van der Waals surface area contributed by atoms with Crippen molar-refractivity contribution in [2.45, 2.75) is 26.5 Å². The summed E-state index contributed by atoms with van der Waals surface area (Å²) >= 11 is 0. The molecular weight excluding hydrogens is 318 g/mol. The van der Waals surface area contributed by atoms with Crippen LogP contribution in [-0.4, -0.2) is 31.8 Å². The average Bonchev–Trinajstić information content (AvgIpc) is 3.04. The standard InChI is InChI=1S/C18H17N5O2/c1-3-17(25)22(12(2)24)15-6-4-5-13(9-15)16-7-8-20-18-14(10-19)11-21-23(16)18/h4-9,11,17,25H,3H2,1-2H3. The van der Waals surface area contributed by atoms with Crippen molar-refractivity contribution in [3.05, 3.63) is 48.3 Å². The molecule has 1 atom stereocenters. The molecule has 0 aliphatic carbocycles. The molecule has 25 heavy (non-hydrogen) atoms. The van der Waals surface area contributed by atoms with E-state index < -0.39 is 6.23 Å². The lowest BCUT2D eigenvalue weighted by molar-refractivity contribution is -0.118. The Morgan fingerprint density at radius 1 is 1.44 bits per heavy atom. The van der Waals surface area contributed by atoms with E-state index in [1.807, 2.05) is 25.1 Å². The van der Waals surface area contributed by atoms with Crippen LogP contribution in [0.25, 0.3) is 16.9 Å². The first kappa shape index (κ1) is 16.6. The van der Waals surface area contributed by atoms with Gasteiger partial charge in [-0.3, -0.25) is 9.69 Å². The normalized spacial score (nSPS) is 11.9. The van der Waals surface area contributed by atoms with E-state index in [1.165, 1.54) is 18.0 Å². The van der Waals surface area contributed by atoms with Crippen molar-refractivity contribution in [2.75, 3.05) is 4.90 Å². The fraction of sp³-hybridized carbons (Fsp3) is 0.222. The van der Waals surface area contributed by atoms with Crippen molar-refractivity contribution in [3.63, 3.8) is 0 Å². The molecule has 2 heterocycles. The maximum absolute atomic E-state index is 11.9. The summed E-state index contributed by atoms with van der Waals surface area (Å²) in [6, 6.07) is 11.1. The average molecular weight is 335 g/mol. The Bertz CT molecular complexity index is 973. The van der Waals surface area contributed by atoms with Crippen LogP contribution in [0.2, 0.25) is 0 Å². The summed E-state index contributed by atoms with van der Waals surface area (Å²) < 4.78 is 1.59. The maximum Gasteiger partial charge on any atom is 0.225 e. The number of fused-ring (bicyclic) bond motifs is 1. The van der Waals surface area contributed by atoms with E-state index in [1.54, 1.807) is 22.8 Å². The summed E-state index contributed by atoms with van der Waals surface area (Å²) in [7, 11) is 0. The van der Waals surface area contributed by atoms with Crippen molar-refractivity contribution < 1.29 is 9.90 Å². The molecule has 0 saturated carbocycles. The van der Waals surface area contributed by atoms with Gasteiger partial charge in [0.2, 0.25) is 5.91 Å². The molecule has 7 nitrogen and oxygen atoms in total. The molecule has 3 aromatic rings. The van der Waals surface area contributed by atoms with Gasteiger partial charge in [-0.15, -0.1) is 0 Å². The van der Waals surface area contributed by atoms with Gasteiger partial charge in [0.1, 0.15) is 17.9 Å². The second-order valence-electron chi connectivity index (χ2n) is 5.56. The molecule has 1 N–H and O–H groups in total. The Kier molecular flexibility index (Phi) is 4.46. The van der Waals surface area contributed by atoms with Crippen molar-refractivity contribution in [1.29, 1.82) is 5.26 Å². The summed E-state index contributed by atoms with van der Waals surface area (Å²) in [6.07, 6.45) is 2.62. The van der Waals surface area contributed by atoms with Crippen molar-refractivity contribution in [2.24, 2.45) is 0 Å². The second kappa shape index (κ2) is 6.71. The number of carbonyl (C=O) groups excluding carboxylic acids is 1. The fourth-order valence-corrected chi connectivity index (χ4v) is 2.75. The number of nitriles is 1. The number of hydrogen-bond acceptors (Lipinski definition) is 5. The minimum Gasteiger partial charge on any atom is -0.373 e. The van der Waals surface area contributed by atoms with Crippen LogP contribution in [0.3, 0.4) is 0 Å². The van der Waals surface area contributed by atoms with Crippen molar-refractivity contribution >= 4 is 17.2 Å². The minimum absolute atomic E-state index is 0.239. The summed E-state index contributed by atoms with van der Waals surface area (Å²) in [6.45, 7) is 3.23. The topological polar surface area (TPSA) is 94.5 Å². The van der Waals surface area contributed by atoms with Crippen molar-refractivity contribution in [3.8, 4) is 17.3 Å². The van der Waals surface area contributed by atoms with Gasteiger partial charge in [-0.25, -0.2) is 9.50 Å². The first-order chi connectivity index (χ1) is 12.1. The molecule has 1 aromatic carbocycles. The zero-order valence-corrected chi connectivity index (χ0v) is 13.9. The van der Waals surface area contributed by atoms with Gasteiger partial charge in [0, 0.05) is 24.4 Å². The Morgan fingerprint density at radius 2 is 2.24 bits per heavy atom. The van der Waals surface area contributed by atoms with E-state index in [-0.39, 0.29) is 5.91 Å². The predicted octanol–water partition coefficient (Wildman–Crippen LogP) is 2.35. The molecule has 7 heteroatoms. The van der Waals surface area contributed by atoms with Crippen LogP contribution < -0.4 is 4.90 Å². The van der Waals surface area contributed by atoms with Gasteiger partial charge in [-0.2, -0.15) is 10.4 Å². The van der Waals surface area contributed by atoms with Crippen molar-refractivity contribution in [1.82, 2.24) is 14.6 Å². The molecule has 0 spiro atoms. The lowest BCUT2D eigenvalue weighted by Crippen LogP contribution is -2.38. The summed E-state index contributed by atoms with van der Waals surface area (Å²) in [5.74, 6) is -0.239. The molecule has 0 fully saturated rings.